The van der Waals surface area contributed by atoms with Crippen LogP contribution >= 0.6 is 0 Å². The summed E-state index contributed by atoms with van der Waals surface area (Å²) >= 11 is 0. The fourth-order valence-electron chi connectivity index (χ4n) is 3.77. The third kappa shape index (κ3) is 4.40. The molecule has 2 N–H and O–H groups in total. The molecular formula is C23H23FN4O2. The quantitative estimate of drug-likeness (QED) is 0.693. The topological polar surface area (TPSA) is 81.3 Å². The molecule has 1 saturated heterocycles. The van der Waals surface area contributed by atoms with Crippen LogP contribution in [-0.4, -0.2) is 33.9 Å². The van der Waals surface area contributed by atoms with Gasteiger partial charge in [-0.2, -0.15) is 0 Å². The second kappa shape index (κ2) is 8.90. The first-order chi connectivity index (χ1) is 14.6. The van der Waals surface area contributed by atoms with Crippen LogP contribution in [0.2, 0.25) is 0 Å². The molecule has 1 aliphatic rings. The first kappa shape index (κ1) is 19.8. The number of hydrogen-bond acceptors (Lipinski definition) is 5. The molecule has 1 atom stereocenters. The Morgan fingerprint density at radius 1 is 1.13 bits per heavy atom. The van der Waals surface area contributed by atoms with Gasteiger partial charge in [0.1, 0.15) is 11.6 Å². The van der Waals surface area contributed by atoms with Crippen LogP contribution in [0.25, 0.3) is 11.1 Å². The van der Waals surface area contributed by atoms with Gasteiger partial charge in [-0.3, -0.25) is 4.79 Å². The molecule has 0 spiro atoms. The van der Waals surface area contributed by atoms with E-state index >= 15 is 0 Å². The predicted octanol–water partition coefficient (Wildman–Crippen LogP) is 4.00. The van der Waals surface area contributed by atoms with E-state index in [1.807, 2.05) is 30.3 Å². The highest BCUT2D eigenvalue weighted by molar-refractivity contribution is 5.79. The van der Waals surface area contributed by atoms with Gasteiger partial charge in [0.2, 0.25) is 5.95 Å². The predicted molar refractivity (Wildman–Crippen MR) is 112 cm³/mol. The average molecular weight is 406 g/mol. The van der Waals surface area contributed by atoms with Gasteiger partial charge in [-0.05, 0) is 49.1 Å². The number of piperidine rings is 1. The number of hydrogen-bond donors (Lipinski definition) is 1. The van der Waals surface area contributed by atoms with Gasteiger partial charge in [-0.25, -0.2) is 14.4 Å². The van der Waals surface area contributed by atoms with Crippen LogP contribution < -0.4 is 10.5 Å². The molecule has 154 valence electrons. The lowest BCUT2D eigenvalue weighted by molar-refractivity contribution is -0.137. The number of rotatable bonds is 5. The molecular weight excluding hydrogens is 383 g/mol. The Morgan fingerprint density at radius 3 is 2.67 bits per heavy atom. The lowest BCUT2D eigenvalue weighted by Crippen LogP contribution is -2.41. The maximum Gasteiger partial charge on any atom is 0.261 e. The number of aromatic nitrogens is 2. The zero-order chi connectivity index (χ0) is 20.9. The monoisotopic (exact) mass is 406 g/mol. The molecule has 6 nitrogen and oxygen atoms in total. The van der Waals surface area contributed by atoms with E-state index in [1.165, 1.54) is 12.1 Å². The van der Waals surface area contributed by atoms with Crippen molar-refractivity contribution >= 4 is 11.9 Å². The smallest absolute Gasteiger partial charge is 0.261 e. The number of carbonyl (C=O) groups excluding carboxylic acids is 1. The number of nitrogen functional groups attached to an aromatic ring is 1. The molecule has 1 amide bonds. The van der Waals surface area contributed by atoms with Gasteiger partial charge in [0.15, 0.2) is 6.61 Å². The van der Waals surface area contributed by atoms with Crippen molar-refractivity contribution in [3.8, 4) is 16.9 Å². The summed E-state index contributed by atoms with van der Waals surface area (Å²) in [5.74, 6) is 0.377. The third-order valence-electron chi connectivity index (χ3n) is 5.24. The lowest BCUT2D eigenvalue weighted by Gasteiger charge is -2.36. The molecule has 1 aliphatic heterocycles. The van der Waals surface area contributed by atoms with Crippen LogP contribution in [0.5, 0.6) is 5.75 Å². The highest BCUT2D eigenvalue weighted by Gasteiger charge is 2.31. The molecule has 0 aliphatic carbocycles. The van der Waals surface area contributed by atoms with Crippen molar-refractivity contribution in [1.29, 1.82) is 0 Å². The Bertz CT molecular complexity index is 1010. The van der Waals surface area contributed by atoms with Gasteiger partial charge in [-0.15, -0.1) is 0 Å². The Labute approximate surface area is 174 Å². The molecule has 7 heteroatoms. The molecule has 0 bridgehead atoms. The highest BCUT2D eigenvalue weighted by atomic mass is 19.1. The van der Waals surface area contributed by atoms with Crippen LogP contribution in [0.1, 0.15) is 31.0 Å². The SMILES string of the molecule is Nc1ncc(-c2ccc(F)cc2)c(C2CCCCN2C(=O)COc2ccccc2)n1. The van der Waals surface area contributed by atoms with Crippen molar-refractivity contribution in [2.45, 2.75) is 25.3 Å². The van der Waals surface area contributed by atoms with Crippen LogP contribution in [-0.2, 0) is 4.79 Å². The number of carbonyl (C=O) groups is 1. The third-order valence-corrected chi connectivity index (χ3v) is 5.24. The normalized spacial score (nSPS) is 16.3. The number of nitrogens with zero attached hydrogens (tertiary/aromatic N) is 3. The van der Waals surface area contributed by atoms with Gasteiger partial charge < -0.3 is 15.4 Å². The number of anilines is 1. The van der Waals surface area contributed by atoms with E-state index in [0.717, 1.165) is 30.4 Å². The van der Waals surface area contributed by atoms with E-state index in [4.69, 9.17) is 10.5 Å². The van der Waals surface area contributed by atoms with Gasteiger partial charge in [0.25, 0.3) is 5.91 Å². The number of amides is 1. The number of para-hydroxylation sites is 1. The number of nitrogens with two attached hydrogens (primary N) is 1. The van der Waals surface area contributed by atoms with Crippen LogP contribution in [0.3, 0.4) is 0 Å². The molecule has 30 heavy (non-hydrogen) atoms. The summed E-state index contributed by atoms with van der Waals surface area (Å²) in [6, 6.07) is 15.2. The summed E-state index contributed by atoms with van der Waals surface area (Å²) in [5, 5.41) is 0. The second-order valence-electron chi connectivity index (χ2n) is 7.23. The molecule has 2 heterocycles. The number of ether oxygens (including phenoxy) is 1. The first-order valence-corrected chi connectivity index (χ1v) is 9.97. The second-order valence-corrected chi connectivity index (χ2v) is 7.23. The van der Waals surface area contributed by atoms with Crippen molar-refractivity contribution < 1.29 is 13.9 Å². The molecule has 2 aromatic carbocycles. The molecule has 1 unspecified atom stereocenters. The van der Waals surface area contributed by atoms with Crippen LogP contribution in [0, 0.1) is 5.82 Å². The summed E-state index contributed by atoms with van der Waals surface area (Å²) in [6.45, 7) is 0.571. The highest BCUT2D eigenvalue weighted by Crippen LogP contribution is 2.36. The molecule has 3 aromatic rings. The fourth-order valence-corrected chi connectivity index (χ4v) is 3.77. The van der Waals surface area contributed by atoms with Crippen molar-refractivity contribution in [2.75, 3.05) is 18.9 Å². The zero-order valence-corrected chi connectivity index (χ0v) is 16.5. The molecule has 4 rings (SSSR count). The van der Waals surface area contributed by atoms with Crippen molar-refractivity contribution in [3.63, 3.8) is 0 Å². The molecule has 0 saturated carbocycles. The fraction of sp³-hybridized carbons (Fsp3) is 0.261. The lowest BCUT2D eigenvalue weighted by atomic mass is 9.93. The van der Waals surface area contributed by atoms with Crippen LogP contribution in [0.15, 0.2) is 60.8 Å². The summed E-state index contributed by atoms with van der Waals surface area (Å²) < 4.78 is 19.1. The molecule has 0 radical (unpaired) electrons. The van der Waals surface area contributed by atoms with E-state index in [9.17, 15) is 9.18 Å². The summed E-state index contributed by atoms with van der Waals surface area (Å²) in [5.41, 5.74) is 8.09. The van der Waals surface area contributed by atoms with Crippen molar-refractivity contribution in [3.05, 3.63) is 72.3 Å². The molecule has 1 aromatic heterocycles. The standard InChI is InChI=1S/C23H23FN4O2/c24-17-11-9-16(10-12-17)19-14-26-23(25)27-22(19)20-8-4-5-13-28(20)21(29)15-30-18-6-2-1-3-7-18/h1-3,6-7,9-12,14,20H,4-5,8,13,15H2,(H2,25,26,27). The summed E-state index contributed by atoms with van der Waals surface area (Å²) in [6.07, 6.45) is 4.30. The minimum atomic E-state index is -0.316. The summed E-state index contributed by atoms with van der Waals surface area (Å²) in [7, 11) is 0. The van der Waals surface area contributed by atoms with E-state index in [2.05, 4.69) is 9.97 Å². The van der Waals surface area contributed by atoms with Gasteiger partial charge in [0, 0.05) is 18.3 Å². The Hall–Kier alpha value is -3.48. The van der Waals surface area contributed by atoms with Crippen molar-refractivity contribution in [2.24, 2.45) is 0 Å². The maximum absolute atomic E-state index is 13.4. The van der Waals surface area contributed by atoms with E-state index in [1.54, 1.807) is 23.2 Å². The minimum Gasteiger partial charge on any atom is -0.484 e. The first-order valence-electron chi connectivity index (χ1n) is 9.97. The van der Waals surface area contributed by atoms with Gasteiger partial charge in [-0.1, -0.05) is 30.3 Å². The van der Waals surface area contributed by atoms with Crippen molar-refractivity contribution in [1.82, 2.24) is 14.9 Å². The van der Waals surface area contributed by atoms with E-state index in [-0.39, 0.29) is 30.3 Å². The Balaban J connectivity index is 1.61. The largest absolute Gasteiger partial charge is 0.484 e. The number of likely N-dealkylation sites (tertiary alicyclic amines) is 1. The average Bonchev–Trinajstić information content (AvgIpc) is 2.79. The van der Waals surface area contributed by atoms with Gasteiger partial charge >= 0.3 is 0 Å². The number of halogens is 1. The van der Waals surface area contributed by atoms with Crippen LogP contribution in [0.4, 0.5) is 10.3 Å². The zero-order valence-electron chi connectivity index (χ0n) is 16.5. The summed E-state index contributed by atoms with van der Waals surface area (Å²) in [4.78, 5) is 23.4. The Kier molecular flexibility index (Phi) is 5.88. The number of benzene rings is 2. The van der Waals surface area contributed by atoms with E-state index in [0.29, 0.717) is 18.0 Å². The van der Waals surface area contributed by atoms with Gasteiger partial charge in [0.05, 0.1) is 11.7 Å². The maximum atomic E-state index is 13.4. The molecule has 1 fully saturated rings. The van der Waals surface area contributed by atoms with E-state index < -0.39 is 0 Å². The minimum absolute atomic E-state index is 0.0487. The Morgan fingerprint density at radius 2 is 1.90 bits per heavy atom.